The third-order valence-electron chi connectivity index (χ3n) is 4.69. The summed E-state index contributed by atoms with van der Waals surface area (Å²) in [5.41, 5.74) is 2.26. The molecule has 1 heterocycles. The molecule has 1 fully saturated rings. The minimum Gasteiger partial charge on any atom is -0.482 e. The van der Waals surface area contributed by atoms with Crippen LogP contribution < -0.4 is 15.4 Å². The maximum absolute atomic E-state index is 11.3. The number of likely N-dealkylation sites (N-methyl/N-ethyl adjacent to an activating group) is 1. The number of rotatable bonds is 5. The van der Waals surface area contributed by atoms with E-state index in [1.807, 2.05) is 18.2 Å². The molecule has 1 aromatic carbocycles. The molecule has 5 nitrogen and oxygen atoms in total. The van der Waals surface area contributed by atoms with Crippen molar-refractivity contribution < 1.29 is 9.53 Å². The fourth-order valence-electron chi connectivity index (χ4n) is 3.05. The summed E-state index contributed by atoms with van der Waals surface area (Å²) in [5.74, 6) is 0.663. The number of carbonyl (C=O) groups excluding carboxylic acids is 1. The van der Waals surface area contributed by atoms with E-state index in [4.69, 9.17) is 4.74 Å². The fourth-order valence-corrected chi connectivity index (χ4v) is 3.05. The Labute approximate surface area is 125 Å². The zero-order valence-electron chi connectivity index (χ0n) is 12.7. The molecule has 1 aliphatic carbocycles. The van der Waals surface area contributed by atoms with Gasteiger partial charge in [-0.05, 0) is 51.1 Å². The summed E-state index contributed by atoms with van der Waals surface area (Å²) >= 11 is 0. The molecule has 5 heteroatoms. The van der Waals surface area contributed by atoms with Gasteiger partial charge in [-0.25, -0.2) is 0 Å². The minimum atomic E-state index is -0.0892. The van der Waals surface area contributed by atoms with Gasteiger partial charge < -0.3 is 20.3 Å². The van der Waals surface area contributed by atoms with Crippen LogP contribution in [-0.2, 0) is 11.3 Å². The first-order chi connectivity index (χ1) is 10.1. The molecule has 0 bridgehead atoms. The maximum Gasteiger partial charge on any atom is 0.262 e. The van der Waals surface area contributed by atoms with E-state index >= 15 is 0 Å². The number of nitrogens with zero attached hydrogens (tertiary/aromatic N) is 1. The van der Waals surface area contributed by atoms with Gasteiger partial charge >= 0.3 is 0 Å². The Kier molecular flexibility index (Phi) is 3.87. The number of carbonyl (C=O) groups is 1. The number of hydrogen-bond acceptors (Lipinski definition) is 4. The predicted octanol–water partition coefficient (Wildman–Crippen LogP) is 1.59. The van der Waals surface area contributed by atoms with Crippen molar-refractivity contribution >= 4 is 11.6 Å². The van der Waals surface area contributed by atoms with Crippen LogP contribution in [0.5, 0.6) is 5.75 Å². The Balaban J connectivity index is 1.58. The van der Waals surface area contributed by atoms with Gasteiger partial charge in [0, 0.05) is 18.6 Å². The molecule has 1 amide bonds. The van der Waals surface area contributed by atoms with Crippen LogP contribution in [0.4, 0.5) is 5.69 Å². The molecule has 1 saturated carbocycles. The highest BCUT2D eigenvalue weighted by Crippen LogP contribution is 2.35. The molecular formula is C16H23N3O2. The molecule has 0 atom stereocenters. The predicted molar refractivity (Wildman–Crippen MR) is 82.5 cm³/mol. The van der Waals surface area contributed by atoms with E-state index in [0.717, 1.165) is 30.1 Å². The van der Waals surface area contributed by atoms with Gasteiger partial charge in [-0.15, -0.1) is 0 Å². The quantitative estimate of drug-likeness (QED) is 0.864. The Bertz CT molecular complexity index is 538. The van der Waals surface area contributed by atoms with Crippen molar-refractivity contribution in [2.75, 3.05) is 32.6 Å². The minimum absolute atomic E-state index is 0.0892. The average molecular weight is 289 g/mol. The SMILES string of the molecule is CN(C)C1(CNCc2ccc3c(c2)NC(=O)CO3)CCC1. The van der Waals surface area contributed by atoms with Crippen molar-refractivity contribution in [3.05, 3.63) is 23.8 Å². The summed E-state index contributed by atoms with van der Waals surface area (Å²) in [5, 5.41) is 6.40. The highest BCUT2D eigenvalue weighted by molar-refractivity contribution is 5.95. The summed E-state index contributed by atoms with van der Waals surface area (Å²) in [6.07, 6.45) is 3.85. The molecule has 2 N–H and O–H groups in total. The number of amides is 1. The molecule has 0 radical (unpaired) electrons. The van der Waals surface area contributed by atoms with Crippen LogP contribution in [0.3, 0.4) is 0 Å². The topological polar surface area (TPSA) is 53.6 Å². The summed E-state index contributed by atoms with van der Waals surface area (Å²) in [4.78, 5) is 13.7. The van der Waals surface area contributed by atoms with Gasteiger partial charge in [-0.3, -0.25) is 4.79 Å². The molecule has 0 aromatic heterocycles. The normalized spacial score (nSPS) is 19.5. The number of anilines is 1. The lowest BCUT2D eigenvalue weighted by atomic mass is 9.75. The number of hydrogen-bond donors (Lipinski definition) is 2. The number of fused-ring (bicyclic) bond motifs is 1. The summed E-state index contributed by atoms with van der Waals surface area (Å²) in [7, 11) is 4.32. The Morgan fingerprint density at radius 3 is 2.86 bits per heavy atom. The van der Waals surface area contributed by atoms with E-state index in [-0.39, 0.29) is 12.5 Å². The standard InChI is InChI=1S/C16H23N3O2/c1-19(2)16(6-3-7-16)11-17-9-12-4-5-14-13(8-12)18-15(20)10-21-14/h4-5,8,17H,3,6-7,9-11H2,1-2H3,(H,18,20). The Morgan fingerprint density at radius 1 is 1.38 bits per heavy atom. The zero-order chi connectivity index (χ0) is 14.9. The van der Waals surface area contributed by atoms with Crippen LogP contribution in [0.1, 0.15) is 24.8 Å². The van der Waals surface area contributed by atoms with Crippen LogP contribution in [0.2, 0.25) is 0 Å². The van der Waals surface area contributed by atoms with Gasteiger partial charge in [0.25, 0.3) is 5.91 Å². The largest absolute Gasteiger partial charge is 0.482 e. The number of nitrogens with one attached hydrogen (secondary N) is 2. The molecule has 3 rings (SSSR count). The van der Waals surface area contributed by atoms with Crippen LogP contribution >= 0.6 is 0 Å². The van der Waals surface area contributed by atoms with Gasteiger partial charge in [0.05, 0.1) is 5.69 Å². The highest BCUT2D eigenvalue weighted by atomic mass is 16.5. The van der Waals surface area contributed by atoms with E-state index in [1.54, 1.807) is 0 Å². The molecular weight excluding hydrogens is 266 g/mol. The lowest BCUT2D eigenvalue weighted by molar-refractivity contribution is -0.118. The summed E-state index contributed by atoms with van der Waals surface area (Å²) in [6.45, 7) is 1.91. The van der Waals surface area contributed by atoms with Crippen molar-refractivity contribution in [3.8, 4) is 5.75 Å². The number of ether oxygens (including phenoxy) is 1. The first kappa shape index (κ1) is 14.4. The van der Waals surface area contributed by atoms with Gasteiger partial charge in [0.2, 0.25) is 0 Å². The van der Waals surface area contributed by atoms with E-state index in [0.29, 0.717) is 5.54 Å². The molecule has 1 aliphatic heterocycles. The van der Waals surface area contributed by atoms with Crippen molar-refractivity contribution in [3.63, 3.8) is 0 Å². The van der Waals surface area contributed by atoms with Crippen LogP contribution in [0, 0.1) is 0 Å². The van der Waals surface area contributed by atoms with Crippen molar-refractivity contribution in [1.29, 1.82) is 0 Å². The van der Waals surface area contributed by atoms with Crippen molar-refractivity contribution in [2.24, 2.45) is 0 Å². The lowest BCUT2D eigenvalue weighted by Gasteiger charge is -2.47. The third-order valence-corrected chi connectivity index (χ3v) is 4.69. The second-order valence-electron chi connectivity index (χ2n) is 6.24. The molecule has 0 saturated heterocycles. The highest BCUT2D eigenvalue weighted by Gasteiger charge is 2.38. The monoisotopic (exact) mass is 289 g/mol. The van der Waals surface area contributed by atoms with Gasteiger partial charge in [-0.1, -0.05) is 6.07 Å². The smallest absolute Gasteiger partial charge is 0.262 e. The van der Waals surface area contributed by atoms with E-state index < -0.39 is 0 Å². The molecule has 0 unspecified atom stereocenters. The molecule has 114 valence electrons. The first-order valence-corrected chi connectivity index (χ1v) is 7.53. The second-order valence-corrected chi connectivity index (χ2v) is 6.24. The summed E-state index contributed by atoms with van der Waals surface area (Å²) < 4.78 is 5.37. The zero-order valence-corrected chi connectivity index (χ0v) is 12.7. The molecule has 2 aliphatic rings. The number of benzene rings is 1. The second kappa shape index (κ2) is 5.66. The van der Waals surface area contributed by atoms with Gasteiger partial charge in [-0.2, -0.15) is 0 Å². The Morgan fingerprint density at radius 2 is 2.19 bits per heavy atom. The molecule has 21 heavy (non-hydrogen) atoms. The fraction of sp³-hybridized carbons (Fsp3) is 0.562. The lowest BCUT2D eigenvalue weighted by Crippen LogP contribution is -2.56. The van der Waals surface area contributed by atoms with Gasteiger partial charge in [0.15, 0.2) is 6.61 Å². The Hall–Kier alpha value is -1.59. The summed E-state index contributed by atoms with van der Waals surface area (Å²) in [6, 6.07) is 5.96. The molecule has 0 spiro atoms. The van der Waals surface area contributed by atoms with Crippen LogP contribution in [-0.4, -0.2) is 43.6 Å². The molecule has 1 aromatic rings. The van der Waals surface area contributed by atoms with Crippen LogP contribution in [0.25, 0.3) is 0 Å². The van der Waals surface area contributed by atoms with E-state index in [1.165, 1.54) is 19.3 Å². The van der Waals surface area contributed by atoms with Crippen LogP contribution in [0.15, 0.2) is 18.2 Å². The van der Waals surface area contributed by atoms with E-state index in [2.05, 4.69) is 29.6 Å². The van der Waals surface area contributed by atoms with E-state index in [9.17, 15) is 4.79 Å². The van der Waals surface area contributed by atoms with Gasteiger partial charge in [0.1, 0.15) is 5.75 Å². The average Bonchev–Trinajstić information content (AvgIpc) is 2.40. The van der Waals surface area contributed by atoms with Crippen molar-refractivity contribution in [1.82, 2.24) is 10.2 Å². The van der Waals surface area contributed by atoms with Crippen molar-refractivity contribution in [2.45, 2.75) is 31.3 Å². The third kappa shape index (κ3) is 2.89. The first-order valence-electron chi connectivity index (χ1n) is 7.53. The maximum atomic E-state index is 11.3.